The molecule has 0 amide bonds. The van der Waals surface area contributed by atoms with Gasteiger partial charge in [0.2, 0.25) is 0 Å². The summed E-state index contributed by atoms with van der Waals surface area (Å²) in [7, 11) is 1.96. The first kappa shape index (κ1) is 17.6. The number of para-hydroxylation sites is 1. The van der Waals surface area contributed by atoms with Gasteiger partial charge in [-0.15, -0.1) is 0 Å². The number of ether oxygens (including phenoxy) is 1. The molecule has 0 aliphatic carbocycles. The minimum absolute atomic E-state index is 0.0354. The topological polar surface area (TPSA) is 42.3 Å². The summed E-state index contributed by atoms with van der Waals surface area (Å²) in [6.45, 7) is 7.64. The maximum absolute atomic E-state index is 6.59. The van der Waals surface area contributed by atoms with E-state index in [0.29, 0.717) is 12.1 Å². The SMILES string of the molecule is CC(C)N1CCC2(CC1)CC(NCc1cnn(C)c1)c1ccccc1O2. The van der Waals surface area contributed by atoms with E-state index >= 15 is 0 Å². The first-order valence-corrected chi connectivity index (χ1v) is 9.78. The minimum atomic E-state index is -0.0354. The molecule has 1 spiro atoms. The number of fused-ring (bicyclic) bond motifs is 1. The van der Waals surface area contributed by atoms with Crippen molar-refractivity contribution >= 4 is 0 Å². The molecular weight excluding hydrogens is 324 g/mol. The lowest BCUT2D eigenvalue weighted by molar-refractivity contribution is -0.0314. The van der Waals surface area contributed by atoms with Gasteiger partial charge in [-0.1, -0.05) is 18.2 Å². The number of nitrogens with one attached hydrogen (secondary N) is 1. The minimum Gasteiger partial charge on any atom is -0.487 e. The van der Waals surface area contributed by atoms with Crippen molar-refractivity contribution in [3.8, 4) is 5.75 Å². The van der Waals surface area contributed by atoms with Gasteiger partial charge in [-0.3, -0.25) is 4.68 Å². The highest BCUT2D eigenvalue weighted by molar-refractivity contribution is 5.39. The second-order valence-corrected chi connectivity index (χ2v) is 8.11. The predicted molar refractivity (Wildman–Crippen MR) is 103 cm³/mol. The Balaban J connectivity index is 1.51. The van der Waals surface area contributed by atoms with E-state index in [1.807, 2.05) is 17.9 Å². The van der Waals surface area contributed by atoms with E-state index in [9.17, 15) is 0 Å². The number of hydrogen-bond donors (Lipinski definition) is 1. The number of benzene rings is 1. The standard InChI is InChI=1S/C21H30N4O/c1-16(2)25-10-8-21(9-11-25)12-19(18-6-4-5-7-20(18)26-21)22-13-17-14-23-24(3)15-17/h4-7,14-16,19,22H,8-13H2,1-3H3. The average Bonchev–Trinajstić information content (AvgIpc) is 3.05. The first-order valence-electron chi connectivity index (χ1n) is 9.78. The van der Waals surface area contributed by atoms with E-state index in [2.05, 4.69) is 59.6 Å². The fourth-order valence-electron chi connectivity index (χ4n) is 4.36. The molecule has 1 aromatic heterocycles. The third-order valence-corrected chi connectivity index (χ3v) is 5.95. The first-order chi connectivity index (χ1) is 12.5. The molecule has 1 fully saturated rings. The van der Waals surface area contributed by atoms with Crippen LogP contribution in [0.4, 0.5) is 0 Å². The van der Waals surface area contributed by atoms with Gasteiger partial charge in [-0.05, 0) is 32.8 Å². The van der Waals surface area contributed by atoms with Crippen molar-refractivity contribution in [2.24, 2.45) is 7.05 Å². The lowest BCUT2D eigenvalue weighted by Crippen LogP contribution is -2.53. The van der Waals surface area contributed by atoms with Gasteiger partial charge in [-0.25, -0.2) is 0 Å². The third kappa shape index (κ3) is 3.51. The number of aryl methyl sites for hydroxylation is 1. The fourth-order valence-corrected chi connectivity index (χ4v) is 4.36. The van der Waals surface area contributed by atoms with Gasteiger partial charge < -0.3 is 15.0 Å². The maximum atomic E-state index is 6.59. The molecule has 5 nitrogen and oxygen atoms in total. The van der Waals surface area contributed by atoms with Gasteiger partial charge in [0.05, 0.1) is 6.20 Å². The molecule has 0 saturated carbocycles. The van der Waals surface area contributed by atoms with Crippen molar-refractivity contribution in [3.05, 3.63) is 47.8 Å². The molecule has 1 saturated heterocycles. The van der Waals surface area contributed by atoms with Gasteiger partial charge >= 0.3 is 0 Å². The Morgan fingerprint density at radius 2 is 2.04 bits per heavy atom. The normalized spacial score (nSPS) is 22.4. The van der Waals surface area contributed by atoms with Crippen LogP contribution in [0.15, 0.2) is 36.7 Å². The van der Waals surface area contributed by atoms with Crippen molar-refractivity contribution in [1.82, 2.24) is 20.0 Å². The Kier molecular flexibility index (Phi) is 4.76. The zero-order chi connectivity index (χ0) is 18.1. The summed E-state index contributed by atoms with van der Waals surface area (Å²) < 4.78 is 8.45. The van der Waals surface area contributed by atoms with Crippen LogP contribution in [-0.4, -0.2) is 39.4 Å². The Morgan fingerprint density at radius 3 is 2.73 bits per heavy atom. The van der Waals surface area contributed by atoms with Gasteiger partial charge in [0.1, 0.15) is 11.4 Å². The van der Waals surface area contributed by atoms with Crippen molar-refractivity contribution in [3.63, 3.8) is 0 Å². The molecule has 5 heteroatoms. The van der Waals surface area contributed by atoms with Crippen LogP contribution < -0.4 is 10.1 Å². The molecule has 0 radical (unpaired) electrons. The monoisotopic (exact) mass is 354 g/mol. The van der Waals surface area contributed by atoms with Crippen molar-refractivity contribution in [2.75, 3.05) is 13.1 Å². The molecule has 4 rings (SSSR count). The van der Waals surface area contributed by atoms with Gasteiger partial charge in [0.15, 0.2) is 0 Å². The number of piperidine rings is 1. The van der Waals surface area contributed by atoms with E-state index < -0.39 is 0 Å². The van der Waals surface area contributed by atoms with Crippen LogP contribution in [0.5, 0.6) is 5.75 Å². The lowest BCUT2D eigenvalue weighted by atomic mass is 9.80. The number of likely N-dealkylation sites (tertiary alicyclic amines) is 1. The molecule has 1 atom stereocenters. The number of nitrogens with zero attached hydrogens (tertiary/aromatic N) is 3. The number of hydrogen-bond acceptors (Lipinski definition) is 4. The molecule has 26 heavy (non-hydrogen) atoms. The van der Waals surface area contributed by atoms with Crippen molar-refractivity contribution in [2.45, 2.75) is 57.3 Å². The number of rotatable bonds is 4. The molecule has 1 unspecified atom stereocenters. The highest BCUT2D eigenvalue weighted by atomic mass is 16.5. The second kappa shape index (κ2) is 7.05. The van der Waals surface area contributed by atoms with Crippen LogP contribution in [0.3, 0.4) is 0 Å². The maximum Gasteiger partial charge on any atom is 0.124 e. The average molecular weight is 354 g/mol. The quantitative estimate of drug-likeness (QED) is 0.915. The Morgan fingerprint density at radius 1 is 1.27 bits per heavy atom. The largest absolute Gasteiger partial charge is 0.487 e. The Bertz CT molecular complexity index is 746. The fraction of sp³-hybridized carbons (Fsp3) is 0.571. The van der Waals surface area contributed by atoms with Gasteiger partial charge in [0.25, 0.3) is 0 Å². The van der Waals surface area contributed by atoms with Crippen LogP contribution in [0.1, 0.15) is 50.3 Å². The summed E-state index contributed by atoms with van der Waals surface area (Å²) in [5.74, 6) is 1.06. The molecular formula is C21H30N4O. The van der Waals surface area contributed by atoms with E-state index in [-0.39, 0.29) is 5.60 Å². The molecule has 1 aromatic carbocycles. The van der Waals surface area contributed by atoms with E-state index in [0.717, 1.165) is 44.6 Å². The van der Waals surface area contributed by atoms with E-state index in [1.54, 1.807) is 0 Å². The van der Waals surface area contributed by atoms with Gasteiger partial charge in [-0.2, -0.15) is 5.10 Å². The summed E-state index contributed by atoms with van der Waals surface area (Å²) >= 11 is 0. The molecule has 2 aliphatic rings. The van der Waals surface area contributed by atoms with E-state index in [4.69, 9.17) is 4.74 Å². The third-order valence-electron chi connectivity index (χ3n) is 5.95. The van der Waals surface area contributed by atoms with Crippen LogP contribution in [-0.2, 0) is 13.6 Å². The van der Waals surface area contributed by atoms with Gasteiger partial charge in [0, 0.05) is 62.5 Å². The summed E-state index contributed by atoms with van der Waals surface area (Å²) in [4.78, 5) is 2.56. The molecule has 3 heterocycles. The number of aromatic nitrogens is 2. The Labute approximate surface area is 156 Å². The zero-order valence-corrected chi connectivity index (χ0v) is 16.1. The van der Waals surface area contributed by atoms with E-state index in [1.165, 1.54) is 11.1 Å². The zero-order valence-electron chi connectivity index (χ0n) is 16.1. The molecule has 1 N–H and O–H groups in total. The summed E-state index contributed by atoms with van der Waals surface area (Å²) in [5.41, 5.74) is 2.47. The van der Waals surface area contributed by atoms with Crippen LogP contribution in [0.2, 0.25) is 0 Å². The predicted octanol–water partition coefficient (Wildman–Crippen LogP) is 3.28. The lowest BCUT2D eigenvalue weighted by Gasteiger charge is -2.48. The van der Waals surface area contributed by atoms with Crippen LogP contribution in [0.25, 0.3) is 0 Å². The molecule has 2 aromatic rings. The molecule has 2 aliphatic heterocycles. The Hall–Kier alpha value is -1.85. The van der Waals surface area contributed by atoms with Crippen LogP contribution >= 0.6 is 0 Å². The summed E-state index contributed by atoms with van der Waals surface area (Å²) in [5, 5.41) is 8.05. The summed E-state index contributed by atoms with van der Waals surface area (Å²) in [6, 6.07) is 9.46. The smallest absolute Gasteiger partial charge is 0.124 e. The van der Waals surface area contributed by atoms with Crippen molar-refractivity contribution in [1.29, 1.82) is 0 Å². The highest BCUT2D eigenvalue weighted by Gasteiger charge is 2.43. The van der Waals surface area contributed by atoms with Crippen molar-refractivity contribution < 1.29 is 4.74 Å². The second-order valence-electron chi connectivity index (χ2n) is 8.11. The molecule has 0 bridgehead atoms. The van der Waals surface area contributed by atoms with Crippen LogP contribution in [0, 0.1) is 0 Å². The highest BCUT2D eigenvalue weighted by Crippen LogP contribution is 2.44. The summed E-state index contributed by atoms with van der Waals surface area (Å²) in [6.07, 6.45) is 7.26. The molecule has 140 valence electrons.